The zero-order valence-electron chi connectivity index (χ0n) is 19.9. The molecule has 0 unspecified atom stereocenters. The normalized spacial score (nSPS) is 19.2. The maximum atomic E-state index is 13.1. The maximum Gasteiger partial charge on any atom is 0.240 e. The van der Waals surface area contributed by atoms with Crippen molar-refractivity contribution in [2.24, 2.45) is 5.92 Å². The Hall–Kier alpha value is -3.10. The van der Waals surface area contributed by atoms with E-state index in [9.17, 15) is 17.6 Å². The first-order valence-electron chi connectivity index (χ1n) is 11.8. The van der Waals surface area contributed by atoms with Crippen LogP contribution in [-0.2, 0) is 14.8 Å². The number of hydrogen-bond acceptors (Lipinski definition) is 4. The Morgan fingerprint density at radius 3 is 2.26 bits per heavy atom. The van der Waals surface area contributed by atoms with Crippen molar-refractivity contribution in [1.82, 2.24) is 15.0 Å². The van der Waals surface area contributed by atoms with E-state index in [0.717, 1.165) is 22.4 Å². The highest BCUT2D eigenvalue weighted by molar-refractivity contribution is 7.89. The van der Waals surface area contributed by atoms with Crippen LogP contribution in [0, 0.1) is 18.7 Å². The molecule has 0 spiro atoms. The number of halogens is 1. The summed E-state index contributed by atoms with van der Waals surface area (Å²) in [5.74, 6) is -0.528. The van der Waals surface area contributed by atoms with E-state index in [-0.39, 0.29) is 34.6 Å². The number of nitrogens with zero attached hydrogens (tertiary/aromatic N) is 1. The van der Waals surface area contributed by atoms with Gasteiger partial charge in [-0.15, -0.1) is 0 Å². The monoisotopic (exact) mass is 495 g/mol. The van der Waals surface area contributed by atoms with Crippen molar-refractivity contribution in [3.63, 3.8) is 0 Å². The molecule has 4 rings (SSSR count). The summed E-state index contributed by atoms with van der Waals surface area (Å²) < 4.78 is 41.8. The second-order valence-corrected chi connectivity index (χ2v) is 10.9. The molecule has 1 aromatic heterocycles. The lowest BCUT2D eigenvalue weighted by Crippen LogP contribution is -2.41. The number of sulfonamides is 1. The summed E-state index contributed by atoms with van der Waals surface area (Å²) in [4.78, 5) is 17.1. The Balaban J connectivity index is 1.30. The minimum Gasteiger partial charge on any atom is -0.349 e. The Kier molecular flexibility index (Phi) is 7.62. The quantitative estimate of drug-likeness (QED) is 0.488. The predicted octanol–water partition coefficient (Wildman–Crippen LogP) is 4.91. The summed E-state index contributed by atoms with van der Waals surface area (Å²) in [5, 5.41) is 2.99. The van der Waals surface area contributed by atoms with Crippen LogP contribution < -0.4 is 10.0 Å². The Labute approximate surface area is 206 Å². The van der Waals surface area contributed by atoms with Gasteiger partial charge in [0, 0.05) is 23.9 Å². The van der Waals surface area contributed by atoms with Crippen LogP contribution in [0.2, 0.25) is 0 Å². The van der Waals surface area contributed by atoms with Crippen molar-refractivity contribution >= 4 is 15.9 Å². The number of carbonyl (C=O) groups excluding carboxylic acids is 1. The van der Waals surface area contributed by atoms with Gasteiger partial charge in [0.25, 0.3) is 0 Å². The first kappa shape index (κ1) is 25.0. The minimum atomic E-state index is -3.66. The Morgan fingerprint density at radius 1 is 0.971 bits per heavy atom. The number of pyridine rings is 1. The van der Waals surface area contributed by atoms with Crippen LogP contribution in [0.5, 0.6) is 0 Å². The number of nitrogens with one attached hydrogen (secondary N) is 2. The molecule has 1 saturated carbocycles. The topological polar surface area (TPSA) is 88.2 Å². The molecule has 8 heteroatoms. The fourth-order valence-electron chi connectivity index (χ4n) is 4.48. The number of carbonyl (C=O) groups is 1. The molecular formula is C27H30FN3O3S. The molecule has 6 nitrogen and oxygen atoms in total. The smallest absolute Gasteiger partial charge is 0.240 e. The van der Waals surface area contributed by atoms with E-state index in [4.69, 9.17) is 0 Å². The van der Waals surface area contributed by atoms with Crippen LogP contribution in [0.4, 0.5) is 4.39 Å². The van der Waals surface area contributed by atoms with Crippen molar-refractivity contribution in [1.29, 1.82) is 0 Å². The number of hydrogen-bond donors (Lipinski definition) is 2. The summed E-state index contributed by atoms with van der Waals surface area (Å²) >= 11 is 0. The predicted molar refractivity (Wildman–Crippen MR) is 133 cm³/mol. The molecule has 1 aliphatic rings. The molecule has 2 aromatic carbocycles. The van der Waals surface area contributed by atoms with Gasteiger partial charge in [-0.25, -0.2) is 17.5 Å². The lowest BCUT2D eigenvalue weighted by Gasteiger charge is -2.29. The molecule has 1 atom stereocenters. The molecule has 1 aliphatic carbocycles. The van der Waals surface area contributed by atoms with E-state index in [2.05, 4.69) is 15.0 Å². The summed E-state index contributed by atoms with van der Waals surface area (Å²) in [6.45, 7) is 3.78. The lowest BCUT2D eigenvalue weighted by atomic mass is 9.85. The molecule has 1 heterocycles. The average Bonchev–Trinajstić information content (AvgIpc) is 2.84. The van der Waals surface area contributed by atoms with Crippen molar-refractivity contribution in [3.05, 3.63) is 83.9 Å². The molecule has 0 radical (unpaired) electrons. The summed E-state index contributed by atoms with van der Waals surface area (Å²) in [6, 6.07) is 16.3. The van der Waals surface area contributed by atoms with Gasteiger partial charge in [-0.3, -0.25) is 9.78 Å². The van der Waals surface area contributed by atoms with Crippen LogP contribution in [0.15, 0.2) is 71.8 Å². The molecule has 2 N–H and O–H groups in total. The van der Waals surface area contributed by atoms with Gasteiger partial charge in [-0.1, -0.05) is 24.3 Å². The fourth-order valence-corrected chi connectivity index (χ4v) is 5.78. The van der Waals surface area contributed by atoms with Gasteiger partial charge >= 0.3 is 0 Å². The van der Waals surface area contributed by atoms with Gasteiger partial charge in [0.2, 0.25) is 15.9 Å². The fraction of sp³-hybridized carbons (Fsp3) is 0.333. The molecule has 35 heavy (non-hydrogen) atoms. The first-order chi connectivity index (χ1) is 16.7. The van der Waals surface area contributed by atoms with Crippen molar-refractivity contribution < 1.29 is 17.6 Å². The zero-order chi connectivity index (χ0) is 25.0. The number of amides is 1. The van der Waals surface area contributed by atoms with Crippen molar-refractivity contribution in [3.8, 4) is 11.1 Å². The van der Waals surface area contributed by atoms with Gasteiger partial charge in [0.1, 0.15) is 5.82 Å². The maximum absolute atomic E-state index is 13.1. The van der Waals surface area contributed by atoms with E-state index < -0.39 is 10.0 Å². The van der Waals surface area contributed by atoms with Crippen LogP contribution in [0.3, 0.4) is 0 Å². The average molecular weight is 496 g/mol. The van der Waals surface area contributed by atoms with Crippen LogP contribution in [-0.4, -0.2) is 25.4 Å². The molecular weight excluding hydrogens is 465 g/mol. The third kappa shape index (κ3) is 6.32. The zero-order valence-corrected chi connectivity index (χ0v) is 20.7. The first-order valence-corrected chi connectivity index (χ1v) is 13.3. The number of rotatable bonds is 7. The van der Waals surface area contributed by atoms with E-state index >= 15 is 0 Å². The second-order valence-electron chi connectivity index (χ2n) is 9.16. The lowest BCUT2D eigenvalue weighted by molar-refractivity contribution is -0.126. The number of aromatic nitrogens is 1. The third-order valence-corrected chi connectivity index (χ3v) is 8.08. The highest BCUT2D eigenvalue weighted by Crippen LogP contribution is 2.27. The van der Waals surface area contributed by atoms with Gasteiger partial charge in [0.05, 0.1) is 10.9 Å². The molecule has 0 bridgehead atoms. The van der Waals surface area contributed by atoms with E-state index in [1.54, 1.807) is 42.6 Å². The van der Waals surface area contributed by atoms with E-state index in [1.807, 2.05) is 26.0 Å². The molecule has 1 fully saturated rings. The summed E-state index contributed by atoms with van der Waals surface area (Å²) in [6.07, 6.45) is 4.13. The largest absolute Gasteiger partial charge is 0.349 e. The Bertz CT molecular complexity index is 1270. The highest BCUT2D eigenvalue weighted by Gasteiger charge is 2.29. The van der Waals surface area contributed by atoms with Gasteiger partial charge in [-0.05, 0) is 92.6 Å². The third-order valence-electron chi connectivity index (χ3n) is 6.54. The number of aryl methyl sites for hydroxylation is 1. The van der Waals surface area contributed by atoms with Gasteiger partial charge in [-0.2, -0.15) is 0 Å². The van der Waals surface area contributed by atoms with Gasteiger partial charge < -0.3 is 5.32 Å². The highest BCUT2D eigenvalue weighted by atomic mass is 32.2. The second kappa shape index (κ2) is 10.7. The van der Waals surface area contributed by atoms with Crippen LogP contribution >= 0.6 is 0 Å². The van der Waals surface area contributed by atoms with Crippen LogP contribution in [0.25, 0.3) is 11.1 Å². The minimum absolute atomic E-state index is 0.0509. The van der Waals surface area contributed by atoms with Crippen molar-refractivity contribution in [2.45, 2.75) is 56.5 Å². The van der Waals surface area contributed by atoms with Crippen molar-refractivity contribution in [2.75, 3.05) is 0 Å². The summed E-state index contributed by atoms with van der Waals surface area (Å²) in [7, 11) is -3.66. The molecule has 0 saturated heterocycles. The standard InChI is InChI=1S/C27H30FN3O3S/c1-18-17-23(15-16-29-18)21-7-13-26(14-8-21)35(33,34)31-25-11-5-22(6-12-25)27(32)30-19(2)20-3-9-24(28)10-4-20/h3-4,7-10,13-17,19,22,25,31H,5-6,11-12H2,1-2H3,(H,30,32)/t19-,22?,25?/m1/s1. The molecule has 3 aromatic rings. The molecule has 0 aliphatic heterocycles. The Morgan fingerprint density at radius 2 is 1.63 bits per heavy atom. The van der Waals surface area contributed by atoms with Gasteiger partial charge in [0.15, 0.2) is 0 Å². The van der Waals surface area contributed by atoms with E-state index in [0.29, 0.717) is 25.7 Å². The SMILES string of the molecule is Cc1cc(-c2ccc(S(=O)(=O)NC3CCC(C(=O)N[C@H](C)c4ccc(F)cc4)CC3)cc2)ccn1. The van der Waals surface area contributed by atoms with Crippen LogP contribution in [0.1, 0.15) is 49.9 Å². The molecule has 184 valence electrons. The van der Waals surface area contributed by atoms with E-state index in [1.165, 1.54) is 12.1 Å². The number of benzene rings is 2. The molecule has 1 amide bonds. The summed E-state index contributed by atoms with van der Waals surface area (Å²) in [5.41, 5.74) is 3.65.